The summed E-state index contributed by atoms with van der Waals surface area (Å²) in [6.07, 6.45) is 0. The summed E-state index contributed by atoms with van der Waals surface area (Å²) in [4.78, 5) is 0. The molecule has 4 nitrogen and oxygen atoms in total. The fraction of sp³-hybridized carbons (Fsp3) is 0.125. The van der Waals surface area contributed by atoms with Gasteiger partial charge in [0.1, 0.15) is 11.0 Å². The number of hydrogen-bond donors (Lipinski definition) is 0. The monoisotopic (exact) mass is 530 g/mol. The van der Waals surface area contributed by atoms with Crippen molar-refractivity contribution in [2.45, 2.75) is 20.8 Å². The lowest BCUT2D eigenvalue weighted by molar-refractivity contribution is 0.675. The summed E-state index contributed by atoms with van der Waals surface area (Å²) in [5.41, 5.74) is 13.5. The second-order valence-electron chi connectivity index (χ2n) is 10.5. The van der Waals surface area contributed by atoms with E-state index >= 15 is 0 Å². The van der Waals surface area contributed by atoms with Gasteiger partial charge >= 0.3 is 0 Å². The van der Waals surface area contributed by atoms with Crippen LogP contribution in [0.1, 0.15) is 16.7 Å². The van der Waals surface area contributed by atoms with E-state index in [4.69, 9.17) is 8.83 Å². The number of benzene rings is 3. The SMILES string of the molecule is Cc1ccc(-n2c3cc(C)ccc3c3oc4c5sc6c(oc7c8ccc(C)cc8n(C)c76)c5sc4c32)cc1. The van der Waals surface area contributed by atoms with Crippen LogP contribution in [0.5, 0.6) is 0 Å². The molecule has 3 aromatic carbocycles. The van der Waals surface area contributed by atoms with Crippen LogP contribution in [-0.4, -0.2) is 9.13 Å². The van der Waals surface area contributed by atoms with Gasteiger partial charge in [-0.15, -0.1) is 22.7 Å². The van der Waals surface area contributed by atoms with Crippen molar-refractivity contribution >= 4 is 96.6 Å². The molecule has 0 N–H and O–H groups in total. The molecule has 0 radical (unpaired) electrons. The molecule has 0 saturated heterocycles. The van der Waals surface area contributed by atoms with E-state index in [1.54, 1.807) is 22.7 Å². The average molecular weight is 531 g/mol. The van der Waals surface area contributed by atoms with E-state index in [9.17, 15) is 0 Å². The van der Waals surface area contributed by atoms with E-state index in [0.717, 1.165) is 38.9 Å². The Balaban J connectivity index is 1.42. The molecule has 6 heterocycles. The van der Waals surface area contributed by atoms with E-state index in [0.29, 0.717) is 0 Å². The normalized spacial score (nSPS) is 12.7. The van der Waals surface area contributed by atoms with Crippen molar-refractivity contribution < 1.29 is 8.83 Å². The predicted octanol–water partition coefficient (Wildman–Crippen LogP) is 10.1. The lowest BCUT2D eigenvalue weighted by Crippen LogP contribution is -1.93. The summed E-state index contributed by atoms with van der Waals surface area (Å²) in [5.74, 6) is 0. The van der Waals surface area contributed by atoms with Gasteiger partial charge in [0.2, 0.25) is 0 Å². The van der Waals surface area contributed by atoms with E-state index in [1.165, 1.54) is 57.4 Å². The van der Waals surface area contributed by atoms with Crippen LogP contribution >= 0.6 is 22.7 Å². The van der Waals surface area contributed by atoms with Crippen LogP contribution < -0.4 is 0 Å². The highest BCUT2D eigenvalue weighted by atomic mass is 32.1. The molecule has 0 aliphatic carbocycles. The Labute approximate surface area is 224 Å². The third-order valence-electron chi connectivity index (χ3n) is 7.96. The van der Waals surface area contributed by atoms with Crippen molar-refractivity contribution in [1.82, 2.24) is 9.13 Å². The van der Waals surface area contributed by atoms with Crippen molar-refractivity contribution in [3.05, 3.63) is 77.4 Å². The van der Waals surface area contributed by atoms with Gasteiger partial charge in [0.15, 0.2) is 22.3 Å². The van der Waals surface area contributed by atoms with Crippen LogP contribution in [0.25, 0.3) is 79.7 Å². The van der Waals surface area contributed by atoms with Gasteiger partial charge in [-0.05, 0) is 68.3 Å². The number of fused-ring (bicyclic) bond motifs is 13. The van der Waals surface area contributed by atoms with Crippen LogP contribution in [-0.2, 0) is 7.05 Å². The lowest BCUT2D eigenvalue weighted by Gasteiger charge is -2.07. The van der Waals surface area contributed by atoms with Crippen molar-refractivity contribution in [1.29, 1.82) is 0 Å². The molecular formula is C32H22N2O2S2. The van der Waals surface area contributed by atoms with Crippen molar-refractivity contribution in [2.24, 2.45) is 7.05 Å². The van der Waals surface area contributed by atoms with Gasteiger partial charge in [-0.1, -0.05) is 29.8 Å². The van der Waals surface area contributed by atoms with Gasteiger partial charge < -0.3 is 18.0 Å². The minimum atomic E-state index is 0.957. The molecular weight excluding hydrogens is 508 g/mol. The van der Waals surface area contributed by atoms with Gasteiger partial charge in [0.25, 0.3) is 0 Å². The van der Waals surface area contributed by atoms with E-state index in [-0.39, 0.29) is 0 Å². The summed E-state index contributed by atoms with van der Waals surface area (Å²) in [6, 6.07) is 22.0. The molecule has 0 unspecified atom stereocenters. The molecule has 0 amide bonds. The quantitative estimate of drug-likeness (QED) is 0.212. The zero-order valence-electron chi connectivity index (χ0n) is 21.3. The minimum Gasteiger partial charge on any atom is -0.451 e. The van der Waals surface area contributed by atoms with Crippen LogP contribution in [0.15, 0.2) is 69.5 Å². The zero-order valence-corrected chi connectivity index (χ0v) is 22.9. The van der Waals surface area contributed by atoms with Crippen molar-refractivity contribution in [3.8, 4) is 5.69 Å². The first-order valence-electron chi connectivity index (χ1n) is 12.7. The molecule has 0 atom stereocenters. The summed E-state index contributed by atoms with van der Waals surface area (Å²) in [7, 11) is 2.14. The molecule has 0 bridgehead atoms. The summed E-state index contributed by atoms with van der Waals surface area (Å²) in [5, 5.41) is 2.32. The van der Waals surface area contributed by atoms with Gasteiger partial charge in [-0.2, -0.15) is 0 Å². The lowest BCUT2D eigenvalue weighted by atomic mass is 10.2. The molecule has 9 rings (SSSR count). The van der Waals surface area contributed by atoms with Crippen molar-refractivity contribution in [2.75, 3.05) is 0 Å². The molecule has 0 saturated carbocycles. The first-order valence-corrected chi connectivity index (χ1v) is 14.4. The van der Waals surface area contributed by atoms with Gasteiger partial charge in [0.05, 0.1) is 29.8 Å². The minimum absolute atomic E-state index is 0.957. The molecule has 9 aromatic rings. The number of rotatable bonds is 1. The summed E-state index contributed by atoms with van der Waals surface area (Å²) in [6.45, 7) is 6.41. The number of hydrogen-bond acceptors (Lipinski definition) is 4. The Hall–Kier alpha value is -4.00. The fourth-order valence-corrected chi connectivity index (χ4v) is 8.82. The third-order valence-corrected chi connectivity index (χ3v) is 10.4. The maximum Gasteiger partial charge on any atom is 0.165 e. The van der Waals surface area contributed by atoms with Gasteiger partial charge in [-0.3, -0.25) is 0 Å². The Morgan fingerprint density at radius 1 is 0.553 bits per heavy atom. The predicted molar refractivity (Wildman–Crippen MR) is 162 cm³/mol. The number of aryl methyl sites for hydroxylation is 4. The van der Waals surface area contributed by atoms with Crippen molar-refractivity contribution in [3.63, 3.8) is 0 Å². The van der Waals surface area contributed by atoms with Gasteiger partial charge in [-0.25, -0.2) is 0 Å². The number of thiophene rings is 2. The van der Waals surface area contributed by atoms with Crippen LogP contribution in [0, 0.1) is 20.8 Å². The molecule has 6 aromatic heterocycles. The smallest absolute Gasteiger partial charge is 0.165 e. The number of aromatic nitrogens is 2. The van der Waals surface area contributed by atoms with Crippen LogP contribution in [0.4, 0.5) is 0 Å². The Morgan fingerprint density at radius 2 is 1.08 bits per heavy atom. The third kappa shape index (κ3) is 2.45. The molecule has 38 heavy (non-hydrogen) atoms. The molecule has 184 valence electrons. The molecule has 0 fully saturated rings. The van der Waals surface area contributed by atoms with Crippen LogP contribution in [0.3, 0.4) is 0 Å². The average Bonchev–Trinajstić information content (AvgIpc) is 3.69. The van der Waals surface area contributed by atoms with E-state index in [2.05, 4.69) is 97.6 Å². The second-order valence-corrected chi connectivity index (χ2v) is 12.6. The maximum atomic E-state index is 6.75. The second kappa shape index (κ2) is 6.90. The highest BCUT2D eigenvalue weighted by Gasteiger charge is 2.27. The highest BCUT2D eigenvalue weighted by molar-refractivity contribution is 7.37. The standard InChI is InChI=1S/C32H22N2O2S2/c1-15-5-9-18(10-6-15)34-22-14-17(3)8-12-20(22)26-24(34)30-28(36-26)32-31(38-30)27-29(37-32)23-25(35-27)19-11-7-16(2)13-21(19)33(23)4/h5-14H,1-4H3. The highest BCUT2D eigenvalue weighted by Crippen LogP contribution is 2.52. The molecule has 0 aliphatic heterocycles. The van der Waals surface area contributed by atoms with E-state index in [1.807, 2.05) is 0 Å². The Kier molecular flexibility index (Phi) is 3.81. The topological polar surface area (TPSA) is 36.1 Å². The zero-order chi connectivity index (χ0) is 25.4. The molecule has 0 aliphatic rings. The largest absolute Gasteiger partial charge is 0.451 e. The Morgan fingerprint density at radius 3 is 1.74 bits per heavy atom. The summed E-state index contributed by atoms with van der Waals surface area (Å²) < 4.78 is 22.8. The molecule has 6 heteroatoms. The number of furan rings is 2. The van der Waals surface area contributed by atoms with Gasteiger partial charge in [0, 0.05) is 23.5 Å². The Bertz CT molecular complexity index is 2430. The fourth-order valence-electron chi connectivity index (χ4n) is 6.10. The maximum absolute atomic E-state index is 6.75. The number of nitrogens with zero attached hydrogens (tertiary/aromatic N) is 2. The van der Waals surface area contributed by atoms with E-state index < -0.39 is 0 Å². The first kappa shape index (κ1) is 21.0. The summed E-state index contributed by atoms with van der Waals surface area (Å²) >= 11 is 3.58. The first-order chi connectivity index (χ1) is 18.5. The molecule has 0 spiro atoms. The van der Waals surface area contributed by atoms with Crippen LogP contribution in [0.2, 0.25) is 0 Å².